The molecule has 3 aliphatic rings. The van der Waals surface area contributed by atoms with Crippen LogP contribution in [0.3, 0.4) is 0 Å². The number of hydrogen-bond acceptors (Lipinski definition) is 8. The molecule has 14 heteroatoms. The van der Waals surface area contributed by atoms with Crippen molar-refractivity contribution in [3.05, 3.63) is 35.4 Å². The number of fused-ring (bicyclic) bond motifs is 1. The molecule has 1 heterocycles. The SMILES string of the molecule is C[C@@H](C(=O)N[C@H](C(=O)N1CCC(NC(=O)CCOCCC(=O)O)CC[C@H]1C(=O)N[C@@H]1CCCc2ccccc21)C1CCCCC1)N(C)C(=O)OC(C)(C)C. The molecule has 5 amide bonds. The number of rotatable bonds is 14. The molecule has 2 aliphatic carbocycles. The van der Waals surface area contributed by atoms with Gasteiger partial charge in [-0.1, -0.05) is 43.5 Å². The van der Waals surface area contributed by atoms with Gasteiger partial charge in [-0.3, -0.25) is 28.9 Å². The first kappa shape index (κ1) is 42.5. The molecule has 0 aromatic heterocycles. The van der Waals surface area contributed by atoms with Crippen molar-refractivity contribution in [1.29, 1.82) is 0 Å². The standard InChI is InChI=1S/C40H61N5O9/c1-26(44(5)39(52)54-40(2,3)4)36(49)43-35(28-13-7-6-8-14-28)38(51)45-23-20-29(41-33(46)21-24-53-25-22-34(47)48)18-19-32(45)37(50)42-31-17-11-15-27-12-9-10-16-30(27)31/h9-10,12,16,26,28-29,31-32,35H,6-8,11,13-15,17-25H2,1-5H3,(H,41,46)(H,42,50)(H,43,49)(H,47,48)/t26-,29?,31+,32-,35-/m0/s1. The van der Waals surface area contributed by atoms with E-state index in [9.17, 15) is 28.8 Å². The monoisotopic (exact) mass is 755 g/mol. The van der Waals surface area contributed by atoms with Gasteiger partial charge in [0.2, 0.25) is 23.6 Å². The maximum atomic E-state index is 14.9. The summed E-state index contributed by atoms with van der Waals surface area (Å²) < 4.78 is 10.8. The molecule has 1 unspecified atom stereocenters. The highest BCUT2D eigenvalue weighted by atomic mass is 16.6. The number of aryl methyl sites for hydroxylation is 1. The number of benzene rings is 1. The molecule has 0 radical (unpaired) electrons. The Morgan fingerprint density at radius 1 is 0.907 bits per heavy atom. The molecular weight excluding hydrogens is 694 g/mol. The summed E-state index contributed by atoms with van der Waals surface area (Å²) in [5.74, 6) is -2.48. The summed E-state index contributed by atoms with van der Waals surface area (Å²) in [6, 6.07) is 4.90. The van der Waals surface area contributed by atoms with E-state index in [4.69, 9.17) is 14.6 Å². The third-order valence-corrected chi connectivity index (χ3v) is 10.8. The van der Waals surface area contributed by atoms with Crippen LogP contribution >= 0.6 is 0 Å². The fraction of sp³-hybridized carbons (Fsp3) is 0.700. The lowest BCUT2D eigenvalue weighted by Crippen LogP contribution is -2.60. The van der Waals surface area contributed by atoms with Crippen LogP contribution in [-0.2, 0) is 39.9 Å². The quantitative estimate of drug-likeness (QED) is 0.202. The molecule has 0 spiro atoms. The molecule has 5 atom stereocenters. The van der Waals surface area contributed by atoms with E-state index in [0.29, 0.717) is 19.3 Å². The number of aliphatic carboxylic acids is 1. The first-order valence-electron chi connectivity index (χ1n) is 19.7. The predicted molar refractivity (Wildman–Crippen MR) is 201 cm³/mol. The Labute approximate surface area is 319 Å². The maximum Gasteiger partial charge on any atom is 0.410 e. The number of carboxylic acids is 1. The Balaban J connectivity index is 1.55. The Morgan fingerprint density at radius 2 is 1.61 bits per heavy atom. The van der Waals surface area contributed by atoms with E-state index in [1.54, 1.807) is 32.6 Å². The number of carbonyl (C=O) groups excluding carboxylic acids is 5. The molecule has 1 aliphatic heterocycles. The van der Waals surface area contributed by atoms with Crippen molar-refractivity contribution in [2.75, 3.05) is 26.8 Å². The molecule has 2 fully saturated rings. The number of nitrogens with one attached hydrogen (secondary N) is 3. The highest BCUT2D eigenvalue weighted by molar-refractivity contribution is 5.94. The minimum absolute atomic E-state index is 0.0140. The van der Waals surface area contributed by atoms with Crippen LogP contribution in [0.4, 0.5) is 4.79 Å². The lowest BCUT2D eigenvalue weighted by atomic mass is 9.83. The minimum Gasteiger partial charge on any atom is -0.481 e. The fourth-order valence-electron chi connectivity index (χ4n) is 7.66. The van der Waals surface area contributed by atoms with Gasteiger partial charge in [0.1, 0.15) is 23.7 Å². The van der Waals surface area contributed by atoms with Crippen molar-refractivity contribution in [2.24, 2.45) is 5.92 Å². The largest absolute Gasteiger partial charge is 0.481 e. The first-order chi connectivity index (χ1) is 25.6. The van der Waals surface area contributed by atoms with E-state index in [1.165, 1.54) is 17.5 Å². The van der Waals surface area contributed by atoms with Gasteiger partial charge in [0.05, 0.1) is 25.7 Å². The molecule has 4 rings (SSSR count). The van der Waals surface area contributed by atoms with Crippen LogP contribution in [0.15, 0.2) is 24.3 Å². The third-order valence-electron chi connectivity index (χ3n) is 10.8. The van der Waals surface area contributed by atoms with Crippen LogP contribution in [0.1, 0.15) is 122 Å². The number of carbonyl (C=O) groups is 6. The van der Waals surface area contributed by atoms with E-state index in [0.717, 1.165) is 56.9 Å². The molecule has 1 saturated carbocycles. The predicted octanol–water partition coefficient (Wildman–Crippen LogP) is 4.25. The highest BCUT2D eigenvalue weighted by Gasteiger charge is 2.42. The van der Waals surface area contributed by atoms with Crippen LogP contribution in [0.5, 0.6) is 0 Å². The van der Waals surface area contributed by atoms with Crippen molar-refractivity contribution in [3.63, 3.8) is 0 Å². The van der Waals surface area contributed by atoms with Crippen LogP contribution in [0.2, 0.25) is 0 Å². The van der Waals surface area contributed by atoms with E-state index in [1.807, 2.05) is 18.2 Å². The lowest BCUT2D eigenvalue weighted by molar-refractivity contribution is -0.145. The van der Waals surface area contributed by atoms with Gasteiger partial charge in [0.25, 0.3) is 0 Å². The van der Waals surface area contributed by atoms with E-state index in [-0.39, 0.29) is 68.3 Å². The summed E-state index contributed by atoms with van der Waals surface area (Å²) >= 11 is 0. The summed E-state index contributed by atoms with van der Waals surface area (Å²) in [7, 11) is 1.49. The van der Waals surface area contributed by atoms with Gasteiger partial charge in [0, 0.05) is 26.1 Å². The average Bonchev–Trinajstić information content (AvgIpc) is 3.35. The fourth-order valence-corrected chi connectivity index (χ4v) is 7.66. The molecule has 54 heavy (non-hydrogen) atoms. The summed E-state index contributed by atoms with van der Waals surface area (Å²) in [5.41, 5.74) is 1.52. The van der Waals surface area contributed by atoms with Crippen molar-refractivity contribution in [1.82, 2.24) is 25.8 Å². The van der Waals surface area contributed by atoms with Crippen LogP contribution in [-0.4, -0.2) is 107 Å². The molecule has 1 aromatic carbocycles. The summed E-state index contributed by atoms with van der Waals surface area (Å²) in [4.78, 5) is 82.3. The van der Waals surface area contributed by atoms with Gasteiger partial charge >= 0.3 is 12.1 Å². The molecule has 14 nitrogen and oxygen atoms in total. The van der Waals surface area contributed by atoms with E-state index < -0.39 is 41.7 Å². The number of ether oxygens (including phenoxy) is 2. The summed E-state index contributed by atoms with van der Waals surface area (Å²) in [5, 5.41) is 18.1. The third kappa shape index (κ3) is 12.4. The second kappa shape index (κ2) is 19.9. The van der Waals surface area contributed by atoms with E-state index in [2.05, 4.69) is 22.0 Å². The van der Waals surface area contributed by atoms with Crippen molar-refractivity contribution < 1.29 is 43.3 Å². The molecule has 300 valence electrons. The zero-order chi connectivity index (χ0) is 39.4. The Morgan fingerprint density at radius 3 is 2.31 bits per heavy atom. The Kier molecular flexibility index (Phi) is 15.7. The van der Waals surface area contributed by atoms with Gasteiger partial charge in [-0.15, -0.1) is 0 Å². The van der Waals surface area contributed by atoms with Crippen LogP contribution in [0, 0.1) is 5.92 Å². The Bertz CT molecular complexity index is 1470. The molecular formula is C40H61N5O9. The number of likely N-dealkylation sites (tertiary alicyclic amines) is 1. The zero-order valence-electron chi connectivity index (χ0n) is 32.7. The summed E-state index contributed by atoms with van der Waals surface area (Å²) in [6.07, 6.45) is 7.38. The smallest absolute Gasteiger partial charge is 0.410 e. The van der Waals surface area contributed by atoms with Gasteiger partial charge in [0.15, 0.2) is 0 Å². The van der Waals surface area contributed by atoms with Gasteiger partial charge in [-0.25, -0.2) is 4.79 Å². The van der Waals surface area contributed by atoms with E-state index >= 15 is 0 Å². The number of amides is 5. The number of hydrogen-bond donors (Lipinski definition) is 4. The average molecular weight is 756 g/mol. The molecule has 1 aromatic rings. The van der Waals surface area contributed by atoms with Crippen molar-refractivity contribution >= 4 is 35.7 Å². The van der Waals surface area contributed by atoms with Crippen molar-refractivity contribution in [2.45, 2.75) is 147 Å². The lowest BCUT2D eigenvalue weighted by Gasteiger charge is -2.38. The second-order valence-electron chi connectivity index (χ2n) is 16.0. The molecule has 4 N–H and O–H groups in total. The minimum atomic E-state index is -0.976. The van der Waals surface area contributed by atoms with Crippen LogP contribution < -0.4 is 16.0 Å². The van der Waals surface area contributed by atoms with Gasteiger partial charge in [-0.05, 0) is 96.1 Å². The zero-order valence-corrected chi connectivity index (χ0v) is 32.7. The molecule has 1 saturated heterocycles. The maximum absolute atomic E-state index is 14.9. The topological polar surface area (TPSA) is 184 Å². The van der Waals surface area contributed by atoms with Crippen LogP contribution in [0.25, 0.3) is 0 Å². The molecule has 0 bridgehead atoms. The number of likely N-dealkylation sites (N-methyl/N-ethyl adjacent to an activating group) is 1. The summed E-state index contributed by atoms with van der Waals surface area (Å²) in [6.45, 7) is 7.11. The van der Waals surface area contributed by atoms with Gasteiger partial charge < -0.3 is 35.4 Å². The Hall–Kier alpha value is -4.20. The first-order valence-corrected chi connectivity index (χ1v) is 19.7. The number of nitrogens with zero attached hydrogens (tertiary/aromatic N) is 2. The van der Waals surface area contributed by atoms with Gasteiger partial charge in [-0.2, -0.15) is 0 Å². The second-order valence-corrected chi connectivity index (χ2v) is 16.0. The normalized spacial score (nSPS) is 21.7. The van der Waals surface area contributed by atoms with Crippen molar-refractivity contribution in [3.8, 4) is 0 Å². The number of carboxylic acid groups (broad SMARTS) is 1. The highest BCUT2D eigenvalue weighted by Crippen LogP contribution is 2.32.